The number of carbonyl (C=O) groups is 3. The number of carboxylic acid groups (broad SMARTS) is 1. The second-order valence-corrected chi connectivity index (χ2v) is 9.36. The highest BCUT2D eigenvalue weighted by Gasteiger charge is 2.32. The van der Waals surface area contributed by atoms with E-state index in [1.807, 2.05) is 31.2 Å². The van der Waals surface area contributed by atoms with Gasteiger partial charge in [-0.15, -0.1) is 0 Å². The topological polar surface area (TPSA) is 105 Å². The molecule has 7 nitrogen and oxygen atoms in total. The van der Waals surface area contributed by atoms with Crippen LogP contribution in [-0.4, -0.2) is 42.8 Å². The summed E-state index contributed by atoms with van der Waals surface area (Å²) in [5.74, 6) is -0.648. The smallest absolute Gasteiger partial charge is 0.407 e. The molecule has 1 unspecified atom stereocenters. The number of aliphatic carboxylic acids is 1. The van der Waals surface area contributed by atoms with Crippen molar-refractivity contribution in [1.82, 2.24) is 10.6 Å². The van der Waals surface area contributed by atoms with Crippen LogP contribution in [0.5, 0.6) is 0 Å². The number of ether oxygens (including phenoxy) is 1. The monoisotopic (exact) mass is 464 g/mol. The minimum absolute atomic E-state index is 0.00384. The second-order valence-electron chi connectivity index (χ2n) is 9.36. The van der Waals surface area contributed by atoms with Gasteiger partial charge in [0.15, 0.2) is 0 Å². The van der Waals surface area contributed by atoms with Crippen molar-refractivity contribution in [2.75, 3.05) is 19.7 Å². The summed E-state index contributed by atoms with van der Waals surface area (Å²) < 4.78 is 5.55. The summed E-state index contributed by atoms with van der Waals surface area (Å²) in [5.41, 5.74) is 4.67. The van der Waals surface area contributed by atoms with Crippen LogP contribution >= 0.6 is 0 Å². The number of carboxylic acids is 1. The zero-order valence-corrected chi connectivity index (χ0v) is 19.5. The van der Waals surface area contributed by atoms with Gasteiger partial charge in [-0.25, -0.2) is 4.79 Å². The van der Waals surface area contributed by atoms with Crippen molar-refractivity contribution < 1.29 is 24.2 Å². The number of amides is 2. The number of benzene rings is 2. The maximum atomic E-state index is 12.5. The van der Waals surface area contributed by atoms with E-state index in [4.69, 9.17) is 9.84 Å². The summed E-state index contributed by atoms with van der Waals surface area (Å²) >= 11 is 0. The molecule has 4 rings (SSSR count). The molecule has 2 aromatic rings. The van der Waals surface area contributed by atoms with Crippen molar-refractivity contribution in [1.29, 1.82) is 0 Å². The predicted molar refractivity (Wildman–Crippen MR) is 128 cm³/mol. The average Bonchev–Trinajstić information content (AvgIpc) is 3.13. The van der Waals surface area contributed by atoms with Crippen LogP contribution in [0.2, 0.25) is 0 Å². The van der Waals surface area contributed by atoms with Gasteiger partial charge >= 0.3 is 12.1 Å². The van der Waals surface area contributed by atoms with Crippen molar-refractivity contribution in [3.63, 3.8) is 0 Å². The fraction of sp³-hybridized carbons (Fsp3) is 0.444. The molecule has 2 aromatic carbocycles. The van der Waals surface area contributed by atoms with Gasteiger partial charge in [-0.2, -0.15) is 0 Å². The molecule has 0 bridgehead atoms. The Kier molecular flexibility index (Phi) is 7.50. The van der Waals surface area contributed by atoms with Gasteiger partial charge in [0.25, 0.3) is 0 Å². The van der Waals surface area contributed by atoms with E-state index in [0.717, 1.165) is 24.0 Å². The number of carbonyl (C=O) groups excluding carboxylic acids is 2. The standard InChI is InChI=1S/C27H32N2O5/c1-2-19(26(32)28-14-18-11-17(12-18)13-25(30)31)15-29-27(33)34-16-24-22-9-5-3-7-20(22)21-8-4-6-10-23(21)24/h3-10,17-19,24H,2,11-16H2,1H3,(H,28,32)(H,29,33)(H,30,31). The third-order valence-electron chi connectivity index (χ3n) is 7.06. The first-order chi connectivity index (χ1) is 16.5. The van der Waals surface area contributed by atoms with Crippen LogP contribution in [0.3, 0.4) is 0 Å². The van der Waals surface area contributed by atoms with Crippen molar-refractivity contribution in [3.05, 3.63) is 59.7 Å². The highest BCUT2D eigenvalue weighted by molar-refractivity contribution is 5.80. The summed E-state index contributed by atoms with van der Waals surface area (Å²) in [6, 6.07) is 16.4. The fourth-order valence-electron chi connectivity index (χ4n) is 5.12. The normalized spacial score (nSPS) is 19.3. The van der Waals surface area contributed by atoms with E-state index >= 15 is 0 Å². The molecular weight excluding hydrogens is 432 g/mol. The number of rotatable bonds is 10. The Hall–Kier alpha value is -3.35. The molecule has 180 valence electrons. The number of alkyl carbamates (subject to hydrolysis) is 1. The predicted octanol–water partition coefficient (Wildman–Crippen LogP) is 4.17. The van der Waals surface area contributed by atoms with E-state index in [1.165, 1.54) is 11.1 Å². The van der Waals surface area contributed by atoms with Gasteiger partial charge in [0.05, 0.1) is 5.92 Å². The Bertz CT molecular complexity index is 1000. The Balaban J connectivity index is 1.21. The molecule has 1 atom stereocenters. The van der Waals surface area contributed by atoms with E-state index in [0.29, 0.717) is 18.9 Å². The van der Waals surface area contributed by atoms with E-state index < -0.39 is 12.1 Å². The number of fused-ring (bicyclic) bond motifs is 3. The Morgan fingerprint density at radius 3 is 2.18 bits per heavy atom. The summed E-state index contributed by atoms with van der Waals surface area (Å²) in [7, 11) is 0. The molecule has 3 N–H and O–H groups in total. The first-order valence-electron chi connectivity index (χ1n) is 12.0. The van der Waals surface area contributed by atoms with E-state index in [2.05, 4.69) is 34.9 Å². The largest absolute Gasteiger partial charge is 0.481 e. The molecule has 1 saturated carbocycles. The van der Waals surface area contributed by atoms with E-state index in [-0.39, 0.29) is 43.2 Å². The number of nitrogens with one attached hydrogen (secondary N) is 2. The summed E-state index contributed by atoms with van der Waals surface area (Å²) in [4.78, 5) is 35.7. The fourth-order valence-corrected chi connectivity index (χ4v) is 5.12. The second kappa shape index (κ2) is 10.7. The number of hydrogen-bond acceptors (Lipinski definition) is 4. The maximum absolute atomic E-state index is 12.5. The first kappa shape index (κ1) is 23.8. The molecule has 2 aliphatic carbocycles. The molecule has 0 aliphatic heterocycles. The SMILES string of the molecule is CCC(CNC(=O)OCC1c2ccccc2-c2ccccc21)C(=O)NCC1CC(CC(=O)O)C1. The van der Waals surface area contributed by atoms with Crippen LogP contribution < -0.4 is 10.6 Å². The minimum atomic E-state index is -0.766. The summed E-state index contributed by atoms with van der Waals surface area (Å²) in [6.45, 7) is 2.92. The Morgan fingerprint density at radius 2 is 1.59 bits per heavy atom. The van der Waals surface area contributed by atoms with Crippen molar-refractivity contribution in [2.45, 2.75) is 38.5 Å². The lowest BCUT2D eigenvalue weighted by Gasteiger charge is -2.34. The molecule has 0 radical (unpaired) electrons. The molecule has 0 spiro atoms. The van der Waals surface area contributed by atoms with E-state index in [1.54, 1.807) is 0 Å². The lowest BCUT2D eigenvalue weighted by molar-refractivity contribution is -0.139. The van der Waals surface area contributed by atoms with Crippen LogP contribution in [-0.2, 0) is 14.3 Å². The molecule has 1 fully saturated rings. The Morgan fingerprint density at radius 1 is 0.971 bits per heavy atom. The van der Waals surface area contributed by atoms with Crippen LogP contribution in [0.25, 0.3) is 11.1 Å². The van der Waals surface area contributed by atoms with Gasteiger partial charge in [0.2, 0.25) is 5.91 Å². The molecule has 0 heterocycles. The quantitative estimate of drug-likeness (QED) is 0.490. The maximum Gasteiger partial charge on any atom is 0.407 e. The highest BCUT2D eigenvalue weighted by atomic mass is 16.5. The lowest BCUT2D eigenvalue weighted by Crippen LogP contribution is -2.42. The van der Waals surface area contributed by atoms with Crippen molar-refractivity contribution >= 4 is 18.0 Å². The molecule has 7 heteroatoms. The third kappa shape index (κ3) is 5.41. The van der Waals surface area contributed by atoms with Gasteiger partial charge in [-0.1, -0.05) is 55.5 Å². The van der Waals surface area contributed by atoms with Crippen molar-refractivity contribution in [3.8, 4) is 11.1 Å². The number of hydrogen-bond donors (Lipinski definition) is 3. The van der Waals surface area contributed by atoms with Gasteiger partial charge in [-0.05, 0) is 53.4 Å². The molecule has 0 saturated heterocycles. The minimum Gasteiger partial charge on any atom is -0.481 e. The van der Waals surface area contributed by atoms with Crippen molar-refractivity contribution in [2.24, 2.45) is 17.8 Å². The van der Waals surface area contributed by atoms with Gasteiger partial charge in [-0.3, -0.25) is 9.59 Å². The average molecular weight is 465 g/mol. The zero-order valence-electron chi connectivity index (χ0n) is 19.5. The van der Waals surface area contributed by atoms with Crippen LogP contribution in [0.4, 0.5) is 4.79 Å². The first-order valence-corrected chi connectivity index (χ1v) is 12.0. The zero-order chi connectivity index (χ0) is 24.1. The van der Waals surface area contributed by atoms with Crippen LogP contribution in [0.15, 0.2) is 48.5 Å². The third-order valence-corrected chi connectivity index (χ3v) is 7.06. The highest BCUT2D eigenvalue weighted by Crippen LogP contribution is 2.44. The van der Waals surface area contributed by atoms with Gasteiger partial charge in [0.1, 0.15) is 6.61 Å². The van der Waals surface area contributed by atoms with Gasteiger partial charge < -0.3 is 20.5 Å². The molecular formula is C27H32N2O5. The van der Waals surface area contributed by atoms with Gasteiger partial charge in [0, 0.05) is 25.4 Å². The summed E-state index contributed by atoms with van der Waals surface area (Å²) in [5, 5.41) is 14.5. The molecule has 0 aromatic heterocycles. The summed E-state index contributed by atoms with van der Waals surface area (Å²) in [6.07, 6.45) is 1.94. The van der Waals surface area contributed by atoms with Crippen LogP contribution in [0.1, 0.15) is 49.7 Å². The molecule has 34 heavy (non-hydrogen) atoms. The Labute approximate surface area is 199 Å². The van der Waals surface area contributed by atoms with Crippen LogP contribution in [0, 0.1) is 17.8 Å². The molecule has 2 amide bonds. The molecule has 2 aliphatic rings. The van der Waals surface area contributed by atoms with E-state index in [9.17, 15) is 14.4 Å². The lowest BCUT2D eigenvalue weighted by atomic mass is 9.73.